The predicted octanol–water partition coefficient (Wildman–Crippen LogP) is 3.58. The number of nitrogens with one attached hydrogen (secondary N) is 1. The molecule has 2 N–H and O–H groups in total. The average Bonchev–Trinajstić information content (AvgIpc) is 2.74. The van der Waals surface area contributed by atoms with Crippen molar-refractivity contribution in [1.82, 2.24) is 0 Å². The summed E-state index contributed by atoms with van der Waals surface area (Å²) in [6, 6.07) is 22.7. The van der Waals surface area contributed by atoms with Gasteiger partial charge >= 0.3 is 0 Å². The highest BCUT2D eigenvalue weighted by Crippen LogP contribution is 2.33. The van der Waals surface area contributed by atoms with Gasteiger partial charge in [0.25, 0.3) is 5.91 Å². The zero-order valence-electron chi connectivity index (χ0n) is 15.2. The summed E-state index contributed by atoms with van der Waals surface area (Å²) >= 11 is 0. The molecule has 3 aromatic carbocycles. The maximum Gasteiger partial charge on any atom is 0.265 e. The SMILES string of the molecule is COc1ccc(NC(=O)C(O)(c2ccccc2)c2ccccc2)cc1OC. The van der Waals surface area contributed by atoms with Gasteiger partial charge in [-0.25, -0.2) is 0 Å². The number of ether oxygens (including phenoxy) is 2. The molecule has 27 heavy (non-hydrogen) atoms. The van der Waals surface area contributed by atoms with Crippen molar-refractivity contribution in [3.63, 3.8) is 0 Å². The molecule has 0 heterocycles. The van der Waals surface area contributed by atoms with E-state index in [4.69, 9.17) is 9.47 Å². The lowest BCUT2D eigenvalue weighted by atomic mass is 9.85. The van der Waals surface area contributed by atoms with E-state index in [1.54, 1.807) is 73.8 Å². The van der Waals surface area contributed by atoms with Crippen LogP contribution in [-0.4, -0.2) is 25.2 Å². The lowest BCUT2D eigenvalue weighted by Crippen LogP contribution is -2.41. The van der Waals surface area contributed by atoms with Crippen LogP contribution in [0, 0.1) is 0 Å². The molecule has 0 spiro atoms. The molecule has 0 fully saturated rings. The van der Waals surface area contributed by atoms with Gasteiger partial charge in [0.1, 0.15) is 0 Å². The quantitative estimate of drug-likeness (QED) is 0.702. The highest BCUT2D eigenvalue weighted by molar-refractivity contribution is 6.00. The zero-order chi connectivity index (χ0) is 19.3. The number of methoxy groups -OCH3 is 2. The van der Waals surface area contributed by atoms with E-state index in [0.717, 1.165) is 0 Å². The molecule has 0 atom stereocenters. The van der Waals surface area contributed by atoms with E-state index in [1.165, 1.54) is 7.11 Å². The summed E-state index contributed by atoms with van der Waals surface area (Å²) in [5, 5.41) is 14.2. The molecular weight excluding hydrogens is 342 g/mol. The molecule has 1 amide bonds. The molecule has 0 unspecified atom stereocenters. The largest absolute Gasteiger partial charge is 0.493 e. The summed E-state index contributed by atoms with van der Waals surface area (Å²) in [4.78, 5) is 13.2. The number of benzene rings is 3. The van der Waals surface area contributed by atoms with Crippen molar-refractivity contribution < 1.29 is 19.4 Å². The van der Waals surface area contributed by atoms with Crippen molar-refractivity contribution in [2.75, 3.05) is 19.5 Å². The van der Waals surface area contributed by atoms with Gasteiger partial charge in [0.15, 0.2) is 17.1 Å². The van der Waals surface area contributed by atoms with E-state index < -0.39 is 11.5 Å². The first-order valence-corrected chi connectivity index (χ1v) is 8.46. The number of carbonyl (C=O) groups is 1. The first-order valence-electron chi connectivity index (χ1n) is 8.46. The molecule has 0 aromatic heterocycles. The molecule has 3 aromatic rings. The number of anilines is 1. The fraction of sp³-hybridized carbons (Fsp3) is 0.136. The summed E-state index contributed by atoms with van der Waals surface area (Å²) in [5.41, 5.74) is -0.387. The van der Waals surface area contributed by atoms with Gasteiger partial charge in [-0.1, -0.05) is 60.7 Å². The van der Waals surface area contributed by atoms with Crippen LogP contribution in [0.15, 0.2) is 78.9 Å². The molecule has 3 rings (SSSR count). The lowest BCUT2D eigenvalue weighted by molar-refractivity contribution is -0.131. The number of rotatable bonds is 6. The second kappa shape index (κ2) is 7.93. The Kier molecular flexibility index (Phi) is 5.43. The topological polar surface area (TPSA) is 67.8 Å². The maximum atomic E-state index is 13.2. The number of aliphatic hydroxyl groups is 1. The molecule has 0 radical (unpaired) electrons. The summed E-state index contributed by atoms with van der Waals surface area (Å²) in [5.74, 6) is 0.474. The van der Waals surface area contributed by atoms with Crippen molar-refractivity contribution >= 4 is 11.6 Å². The van der Waals surface area contributed by atoms with E-state index in [1.807, 2.05) is 12.1 Å². The molecular formula is C22H21NO4. The van der Waals surface area contributed by atoms with Gasteiger partial charge in [0.05, 0.1) is 14.2 Å². The molecule has 138 valence electrons. The van der Waals surface area contributed by atoms with Gasteiger partial charge in [-0.05, 0) is 23.3 Å². The molecule has 0 bridgehead atoms. The van der Waals surface area contributed by atoms with Crippen molar-refractivity contribution in [2.45, 2.75) is 5.60 Å². The van der Waals surface area contributed by atoms with Crippen LogP contribution in [0.1, 0.15) is 11.1 Å². The lowest BCUT2D eigenvalue weighted by Gasteiger charge is -2.28. The Morgan fingerprint density at radius 2 is 1.33 bits per heavy atom. The van der Waals surface area contributed by atoms with Gasteiger partial charge in [-0.15, -0.1) is 0 Å². The van der Waals surface area contributed by atoms with Crippen molar-refractivity contribution in [3.05, 3.63) is 90.0 Å². The Balaban J connectivity index is 2.00. The third kappa shape index (κ3) is 3.64. The summed E-state index contributed by atoms with van der Waals surface area (Å²) in [6.45, 7) is 0. The first-order chi connectivity index (χ1) is 13.1. The van der Waals surface area contributed by atoms with Crippen LogP contribution in [-0.2, 0) is 10.4 Å². The highest BCUT2D eigenvalue weighted by Gasteiger charge is 2.39. The van der Waals surface area contributed by atoms with Crippen molar-refractivity contribution in [3.8, 4) is 11.5 Å². The average molecular weight is 363 g/mol. The molecule has 0 aliphatic carbocycles. The first kappa shape index (κ1) is 18.5. The normalized spacial score (nSPS) is 10.9. The summed E-state index contributed by atoms with van der Waals surface area (Å²) < 4.78 is 10.5. The molecule has 0 saturated heterocycles. The fourth-order valence-electron chi connectivity index (χ4n) is 2.92. The van der Waals surface area contributed by atoms with E-state index >= 15 is 0 Å². The Morgan fingerprint density at radius 1 is 0.815 bits per heavy atom. The van der Waals surface area contributed by atoms with Crippen LogP contribution in [0.5, 0.6) is 11.5 Å². The summed E-state index contributed by atoms with van der Waals surface area (Å²) in [7, 11) is 3.06. The Hall–Kier alpha value is -3.31. The van der Waals surface area contributed by atoms with Crippen molar-refractivity contribution in [2.24, 2.45) is 0 Å². The highest BCUT2D eigenvalue weighted by atomic mass is 16.5. The van der Waals surface area contributed by atoms with Crippen LogP contribution in [0.3, 0.4) is 0 Å². The van der Waals surface area contributed by atoms with Gasteiger partial charge in [-0.2, -0.15) is 0 Å². The second-order valence-corrected chi connectivity index (χ2v) is 5.97. The van der Waals surface area contributed by atoms with E-state index in [-0.39, 0.29) is 0 Å². The smallest absolute Gasteiger partial charge is 0.265 e. The summed E-state index contributed by atoms with van der Waals surface area (Å²) in [6.07, 6.45) is 0. The van der Waals surface area contributed by atoms with Gasteiger partial charge in [-0.3, -0.25) is 4.79 Å². The Labute approximate surface area is 158 Å². The third-order valence-electron chi connectivity index (χ3n) is 4.35. The number of amides is 1. The van der Waals surface area contributed by atoms with Gasteiger partial charge < -0.3 is 19.9 Å². The van der Waals surface area contributed by atoms with Crippen LogP contribution in [0.25, 0.3) is 0 Å². The fourth-order valence-corrected chi connectivity index (χ4v) is 2.92. The van der Waals surface area contributed by atoms with Gasteiger partial charge in [0, 0.05) is 11.8 Å². The van der Waals surface area contributed by atoms with E-state index in [9.17, 15) is 9.90 Å². The van der Waals surface area contributed by atoms with Gasteiger partial charge in [0.2, 0.25) is 0 Å². The molecule has 0 aliphatic heterocycles. The van der Waals surface area contributed by atoms with Crippen LogP contribution in [0.2, 0.25) is 0 Å². The van der Waals surface area contributed by atoms with E-state index in [0.29, 0.717) is 28.3 Å². The Bertz CT molecular complexity index is 871. The molecule has 0 saturated carbocycles. The number of carbonyl (C=O) groups excluding carboxylic acids is 1. The molecule has 5 nitrogen and oxygen atoms in total. The molecule has 5 heteroatoms. The maximum absolute atomic E-state index is 13.2. The number of hydrogen-bond acceptors (Lipinski definition) is 4. The van der Waals surface area contributed by atoms with E-state index in [2.05, 4.69) is 5.32 Å². The predicted molar refractivity (Wildman–Crippen MR) is 104 cm³/mol. The second-order valence-electron chi connectivity index (χ2n) is 5.97. The van der Waals surface area contributed by atoms with Crippen LogP contribution in [0.4, 0.5) is 5.69 Å². The zero-order valence-corrected chi connectivity index (χ0v) is 15.2. The number of hydrogen-bond donors (Lipinski definition) is 2. The minimum Gasteiger partial charge on any atom is -0.493 e. The minimum atomic E-state index is -1.84. The van der Waals surface area contributed by atoms with Crippen molar-refractivity contribution in [1.29, 1.82) is 0 Å². The molecule has 0 aliphatic rings. The van der Waals surface area contributed by atoms with Crippen LogP contribution >= 0.6 is 0 Å². The standard InChI is InChI=1S/C22H21NO4/c1-26-19-14-13-18(15-20(19)27-2)23-21(24)22(25,16-9-5-3-6-10-16)17-11-7-4-8-12-17/h3-15,25H,1-2H3,(H,23,24). The van der Waals surface area contributed by atoms with Crippen LogP contribution < -0.4 is 14.8 Å². The monoisotopic (exact) mass is 363 g/mol. The minimum absolute atomic E-state index is 0.481. The third-order valence-corrected chi connectivity index (χ3v) is 4.35. The Morgan fingerprint density at radius 3 is 1.81 bits per heavy atom.